The van der Waals surface area contributed by atoms with Crippen LogP contribution in [-0.2, 0) is 0 Å². The van der Waals surface area contributed by atoms with Crippen LogP contribution in [0.25, 0.3) is 22.3 Å². The molecule has 0 aliphatic carbocycles. The predicted octanol–water partition coefficient (Wildman–Crippen LogP) is 9.11. The molecule has 0 fully saturated rings. The maximum atomic E-state index is 14.8. The van der Waals surface area contributed by atoms with Crippen molar-refractivity contribution in [3.63, 3.8) is 0 Å². The third-order valence-electron chi connectivity index (χ3n) is 7.08. The van der Waals surface area contributed by atoms with Gasteiger partial charge in [0.1, 0.15) is 0 Å². The Bertz CT molecular complexity index is 1690. The summed E-state index contributed by atoms with van der Waals surface area (Å²) in [4.78, 5) is 0. The van der Waals surface area contributed by atoms with Crippen molar-refractivity contribution in [1.82, 2.24) is 0 Å². The maximum Gasteiger partial charge on any atom is 0.201 e. The van der Waals surface area contributed by atoms with Gasteiger partial charge in [0.2, 0.25) is 23.3 Å². The van der Waals surface area contributed by atoms with Crippen LogP contribution in [-0.4, -0.2) is 25.4 Å². The molecule has 4 aromatic rings. The van der Waals surface area contributed by atoms with Crippen molar-refractivity contribution in [2.24, 2.45) is 5.41 Å². The molecule has 4 rings (SSSR count). The van der Waals surface area contributed by atoms with Gasteiger partial charge < -0.3 is 19.3 Å². The molecule has 44 heavy (non-hydrogen) atoms. The van der Waals surface area contributed by atoms with Gasteiger partial charge in [-0.25, -0.2) is 17.6 Å². The molecule has 0 bridgehead atoms. The molecule has 0 heterocycles. The second-order valence-corrected chi connectivity index (χ2v) is 10.5. The number of halogens is 8. The van der Waals surface area contributed by atoms with E-state index in [0.717, 1.165) is 55.6 Å². The van der Waals surface area contributed by atoms with E-state index in [0.29, 0.717) is 6.42 Å². The van der Waals surface area contributed by atoms with E-state index in [4.69, 9.17) is 9.47 Å². The van der Waals surface area contributed by atoms with Gasteiger partial charge in [-0.2, -0.15) is 17.6 Å². The third kappa shape index (κ3) is 6.53. The first-order valence-electron chi connectivity index (χ1n) is 13.2. The van der Waals surface area contributed by atoms with Crippen molar-refractivity contribution in [3.05, 3.63) is 95.1 Å². The molecule has 12 heteroatoms. The van der Waals surface area contributed by atoms with Crippen LogP contribution in [0, 0.1) is 52.0 Å². The van der Waals surface area contributed by atoms with Gasteiger partial charge in [-0.05, 0) is 66.8 Å². The maximum absolute atomic E-state index is 14.8. The highest BCUT2D eigenvalue weighted by atomic mass is 19.2. The summed E-state index contributed by atoms with van der Waals surface area (Å²) in [5.41, 5.74) is -2.71. The van der Waals surface area contributed by atoms with Crippen LogP contribution < -0.4 is 14.2 Å². The fourth-order valence-electron chi connectivity index (χ4n) is 4.35. The van der Waals surface area contributed by atoms with Gasteiger partial charge in [-0.3, -0.25) is 0 Å². The summed E-state index contributed by atoms with van der Waals surface area (Å²) in [6.45, 7) is 3.42. The van der Waals surface area contributed by atoms with Crippen LogP contribution >= 0.6 is 0 Å². The Morgan fingerprint density at radius 2 is 0.841 bits per heavy atom. The molecule has 0 atom stereocenters. The first-order chi connectivity index (χ1) is 20.8. The van der Waals surface area contributed by atoms with Crippen molar-refractivity contribution in [2.45, 2.75) is 26.7 Å². The summed E-state index contributed by atoms with van der Waals surface area (Å²) in [5.74, 6) is -13.9. The molecule has 0 aliphatic rings. The van der Waals surface area contributed by atoms with E-state index in [-0.39, 0.29) is 19.6 Å². The molecule has 0 saturated carbocycles. The lowest BCUT2D eigenvalue weighted by Crippen LogP contribution is -2.19. The van der Waals surface area contributed by atoms with Crippen molar-refractivity contribution < 1.29 is 54.4 Å². The number of benzene rings is 4. The van der Waals surface area contributed by atoms with Crippen LogP contribution in [0.5, 0.6) is 23.0 Å². The molecule has 0 saturated heterocycles. The van der Waals surface area contributed by atoms with E-state index in [1.54, 1.807) is 13.8 Å². The Morgan fingerprint density at radius 1 is 0.500 bits per heavy atom. The molecule has 1 N–H and O–H groups in total. The van der Waals surface area contributed by atoms with Gasteiger partial charge in [0.15, 0.2) is 46.3 Å². The van der Waals surface area contributed by atoms with Gasteiger partial charge in [-0.1, -0.05) is 13.8 Å². The van der Waals surface area contributed by atoms with Gasteiger partial charge in [0.25, 0.3) is 0 Å². The average molecular weight is 627 g/mol. The zero-order chi connectivity index (χ0) is 32.3. The van der Waals surface area contributed by atoms with E-state index in [1.807, 2.05) is 0 Å². The highest BCUT2D eigenvalue weighted by molar-refractivity contribution is 5.68. The number of rotatable bonds is 11. The molecule has 234 valence electrons. The summed E-state index contributed by atoms with van der Waals surface area (Å²) in [6.07, 6.45) is 0.577. The number of ether oxygens (including phenoxy) is 3. The molecular weight excluding hydrogens is 600 g/mol. The minimum Gasteiger partial charge on any atom is -0.505 e. The Labute approximate surface area is 247 Å². The normalized spacial score (nSPS) is 11.5. The van der Waals surface area contributed by atoms with Crippen molar-refractivity contribution in [1.29, 1.82) is 0 Å². The molecule has 0 aromatic heterocycles. The topological polar surface area (TPSA) is 47.9 Å². The smallest absolute Gasteiger partial charge is 0.201 e. The molecule has 0 unspecified atom stereocenters. The van der Waals surface area contributed by atoms with Crippen LogP contribution in [0.15, 0.2) is 48.5 Å². The van der Waals surface area contributed by atoms with E-state index < -0.39 is 97.2 Å². The molecule has 0 amide bonds. The standard InChI is InChI=1S/C32H26F8O4/c1-32(2,12-14-43-22-10-6-18(26(35)30(22)39)16-4-8-20(41)28(37)24(16)33)13-15-44-23-11-7-19(27(36)31(23)40)17-5-9-21(42-3)29(38)25(17)34/h4-11,41H,12-15H2,1-3H3. The SMILES string of the molecule is COc1ccc(-c2ccc(OCCC(C)(C)CCOc3ccc(-c4ccc(O)c(F)c4F)c(F)c3F)c(F)c2F)c(F)c1F. The quantitative estimate of drug-likeness (QED) is 0.169. The monoisotopic (exact) mass is 626 g/mol. The molecular formula is C32H26F8O4. The van der Waals surface area contributed by atoms with E-state index in [9.17, 15) is 40.2 Å². The Balaban J connectivity index is 1.35. The van der Waals surface area contributed by atoms with E-state index >= 15 is 0 Å². The minimum absolute atomic E-state index is 0.0827. The zero-order valence-electron chi connectivity index (χ0n) is 23.6. The van der Waals surface area contributed by atoms with Crippen molar-refractivity contribution >= 4 is 0 Å². The van der Waals surface area contributed by atoms with Crippen LogP contribution in [0.2, 0.25) is 0 Å². The van der Waals surface area contributed by atoms with Crippen molar-refractivity contribution in [2.75, 3.05) is 20.3 Å². The summed E-state index contributed by atoms with van der Waals surface area (Å²) >= 11 is 0. The summed E-state index contributed by atoms with van der Waals surface area (Å²) < 4.78 is 131. The number of hydrogen-bond acceptors (Lipinski definition) is 4. The number of methoxy groups -OCH3 is 1. The Morgan fingerprint density at radius 3 is 1.25 bits per heavy atom. The largest absolute Gasteiger partial charge is 0.505 e. The highest BCUT2D eigenvalue weighted by Crippen LogP contribution is 2.36. The van der Waals surface area contributed by atoms with Crippen LogP contribution in [0.4, 0.5) is 35.1 Å². The van der Waals surface area contributed by atoms with Crippen molar-refractivity contribution in [3.8, 4) is 45.3 Å². The zero-order valence-corrected chi connectivity index (χ0v) is 23.6. The molecule has 0 radical (unpaired) electrons. The lowest BCUT2D eigenvalue weighted by Gasteiger charge is -2.25. The average Bonchev–Trinajstić information content (AvgIpc) is 2.98. The highest BCUT2D eigenvalue weighted by Gasteiger charge is 2.25. The second-order valence-electron chi connectivity index (χ2n) is 10.5. The van der Waals surface area contributed by atoms with Gasteiger partial charge in [0.05, 0.1) is 20.3 Å². The van der Waals surface area contributed by atoms with Crippen LogP contribution in [0.3, 0.4) is 0 Å². The number of phenolic OH excluding ortho intramolecular Hbond substituents is 1. The third-order valence-corrected chi connectivity index (χ3v) is 7.08. The molecule has 4 aromatic carbocycles. The van der Waals surface area contributed by atoms with Gasteiger partial charge >= 0.3 is 0 Å². The summed E-state index contributed by atoms with van der Waals surface area (Å²) in [7, 11) is 1.13. The Kier molecular flexibility index (Phi) is 9.60. The first-order valence-corrected chi connectivity index (χ1v) is 13.2. The lowest BCUT2D eigenvalue weighted by molar-refractivity contribution is 0.175. The van der Waals surface area contributed by atoms with Crippen LogP contribution in [0.1, 0.15) is 26.7 Å². The fraction of sp³-hybridized carbons (Fsp3) is 0.250. The van der Waals surface area contributed by atoms with E-state index in [1.165, 1.54) is 0 Å². The van der Waals surface area contributed by atoms with Gasteiger partial charge in [-0.15, -0.1) is 0 Å². The molecule has 0 aliphatic heterocycles. The predicted molar refractivity (Wildman–Crippen MR) is 146 cm³/mol. The van der Waals surface area contributed by atoms with E-state index in [2.05, 4.69) is 4.74 Å². The van der Waals surface area contributed by atoms with Gasteiger partial charge in [0, 0.05) is 22.3 Å². The fourth-order valence-corrected chi connectivity index (χ4v) is 4.35. The number of hydrogen-bond donors (Lipinski definition) is 1. The lowest BCUT2D eigenvalue weighted by atomic mass is 9.86. The summed E-state index contributed by atoms with van der Waals surface area (Å²) in [6, 6.07) is 8.09. The molecule has 0 spiro atoms. The molecule has 4 nitrogen and oxygen atoms in total. The second kappa shape index (κ2) is 13.0. The first kappa shape index (κ1) is 32.4. The number of aromatic hydroxyl groups is 1. The number of phenols is 1. The minimum atomic E-state index is -1.60. The Hall–Kier alpha value is -4.48. The summed E-state index contributed by atoms with van der Waals surface area (Å²) in [5, 5.41) is 9.25.